The molecule has 0 aliphatic carbocycles. The van der Waals surface area contributed by atoms with Crippen LogP contribution < -0.4 is 14.8 Å². The molecule has 7 nitrogen and oxygen atoms in total. The first-order chi connectivity index (χ1) is 15.7. The number of amides is 1. The molecule has 0 saturated carbocycles. The summed E-state index contributed by atoms with van der Waals surface area (Å²) in [5.74, 6) is 2.29. The predicted octanol–water partition coefficient (Wildman–Crippen LogP) is 4.35. The number of piperidine rings is 1. The molecule has 3 heterocycles. The van der Waals surface area contributed by atoms with Crippen LogP contribution in [0.1, 0.15) is 12.8 Å². The second-order valence-corrected chi connectivity index (χ2v) is 8.99. The van der Waals surface area contributed by atoms with Crippen molar-refractivity contribution in [3.8, 4) is 11.5 Å². The van der Waals surface area contributed by atoms with Crippen LogP contribution in [-0.2, 0) is 11.5 Å². The highest BCUT2D eigenvalue weighted by atomic mass is 32.2. The van der Waals surface area contributed by atoms with Gasteiger partial charge in [-0.15, -0.1) is 6.58 Å². The third kappa shape index (κ3) is 4.33. The van der Waals surface area contributed by atoms with Crippen LogP contribution in [0.3, 0.4) is 0 Å². The van der Waals surface area contributed by atoms with E-state index in [1.807, 2.05) is 30.3 Å². The number of benzene rings is 2. The van der Waals surface area contributed by atoms with Crippen LogP contribution in [-0.4, -0.2) is 46.0 Å². The van der Waals surface area contributed by atoms with Crippen molar-refractivity contribution in [3.05, 3.63) is 55.1 Å². The highest BCUT2D eigenvalue weighted by Gasteiger charge is 2.26. The number of imidazole rings is 1. The van der Waals surface area contributed by atoms with E-state index in [-0.39, 0.29) is 18.6 Å². The lowest BCUT2D eigenvalue weighted by atomic mass is 9.96. The lowest BCUT2D eigenvalue weighted by molar-refractivity contribution is -0.121. The zero-order valence-corrected chi connectivity index (χ0v) is 18.6. The summed E-state index contributed by atoms with van der Waals surface area (Å²) in [6.07, 6.45) is 3.56. The molecule has 166 valence electrons. The first-order valence-corrected chi connectivity index (χ1v) is 11.8. The molecule has 1 saturated heterocycles. The molecule has 1 N–H and O–H groups in total. The van der Waals surface area contributed by atoms with Crippen LogP contribution in [0.4, 0.5) is 5.69 Å². The lowest BCUT2D eigenvalue weighted by Gasteiger charge is -2.31. The Bertz CT molecular complexity index is 1140. The van der Waals surface area contributed by atoms with Crippen LogP contribution in [0.15, 0.2) is 60.3 Å². The van der Waals surface area contributed by atoms with Crippen molar-refractivity contribution in [3.63, 3.8) is 0 Å². The predicted molar refractivity (Wildman–Crippen MR) is 126 cm³/mol. The first-order valence-electron chi connectivity index (χ1n) is 10.8. The van der Waals surface area contributed by atoms with Crippen LogP contribution in [0.2, 0.25) is 0 Å². The van der Waals surface area contributed by atoms with Crippen LogP contribution in [0.25, 0.3) is 11.0 Å². The van der Waals surface area contributed by atoms with Crippen molar-refractivity contribution in [1.82, 2.24) is 14.5 Å². The number of rotatable bonds is 7. The number of fused-ring (bicyclic) bond motifs is 2. The maximum atomic E-state index is 12.8. The van der Waals surface area contributed by atoms with Crippen molar-refractivity contribution >= 4 is 34.4 Å². The number of anilines is 1. The normalized spacial score (nSPS) is 16.4. The van der Waals surface area contributed by atoms with Gasteiger partial charge < -0.3 is 19.4 Å². The number of aromatic nitrogens is 2. The minimum Gasteiger partial charge on any atom is -0.454 e. The third-order valence-corrected chi connectivity index (χ3v) is 6.86. The zero-order valence-electron chi connectivity index (χ0n) is 17.8. The number of carbonyl (C=O) groups excluding carboxylic acids is 1. The molecular formula is C24H26N4O3S. The fraction of sp³-hybridized carbons (Fsp3) is 0.333. The van der Waals surface area contributed by atoms with Crippen LogP contribution in [0, 0.1) is 5.92 Å². The minimum absolute atomic E-state index is 0.00538. The number of hydrogen-bond acceptors (Lipinski definition) is 6. The Morgan fingerprint density at radius 2 is 2.00 bits per heavy atom. The Kier molecular flexibility index (Phi) is 6.05. The van der Waals surface area contributed by atoms with Gasteiger partial charge in [-0.2, -0.15) is 0 Å². The van der Waals surface area contributed by atoms with Crippen molar-refractivity contribution < 1.29 is 14.3 Å². The Hall–Kier alpha value is -2.97. The van der Waals surface area contributed by atoms with E-state index >= 15 is 0 Å². The molecule has 0 bridgehead atoms. The van der Waals surface area contributed by atoms with Gasteiger partial charge in [-0.1, -0.05) is 30.0 Å². The summed E-state index contributed by atoms with van der Waals surface area (Å²) >= 11 is 1.70. The third-order valence-electron chi connectivity index (χ3n) is 5.89. The van der Waals surface area contributed by atoms with E-state index in [0.29, 0.717) is 11.5 Å². The van der Waals surface area contributed by atoms with Crippen molar-refractivity contribution in [1.29, 1.82) is 0 Å². The van der Waals surface area contributed by atoms with Gasteiger partial charge in [0, 0.05) is 36.5 Å². The molecule has 0 unspecified atom stereocenters. The quantitative estimate of drug-likeness (QED) is 0.426. The largest absolute Gasteiger partial charge is 0.454 e. The van der Waals surface area contributed by atoms with Crippen LogP contribution >= 0.6 is 11.8 Å². The summed E-state index contributed by atoms with van der Waals surface area (Å²) in [4.78, 5) is 20.0. The lowest BCUT2D eigenvalue weighted by Crippen LogP contribution is -2.39. The van der Waals surface area contributed by atoms with E-state index in [2.05, 4.69) is 39.6 Å². The second-order valence-electron chi connectivity index (χ2n) is 8.00. The van der Waals surface area contributed by atoms with E-state index in [1.165, 1.54) is 0 Å². The summed E-state index contributed by atoms with van der Waals surface area (Å²) in [7, 11) is 0. The van der Waals surface area contributed by atoms with Crippen molar-refractivity contribution in [2.45, 2.75) is 24.7 Å². The molecule has 2 aliphatic heterocycles. The topological polar surface area (TPSA) is 68.6 Å². The highest BCUT2D eigenvalue weighted by molar-refractivity contribution is 7.99. The zero-order chi connectivity index (χ0) is 21.9. The van der Waals surface area contributed by atoms with Gasteiger partial charge in [0.1, 0.15) is 0 Å². The van der Waals surface area contributed by atoms with E-state index in [4.69, 9.17) is 14.5 Å². The molecule has 2 aromatic carbocycles. The second kappa shape index (κ2) is 9.26. The maximum absolute atomic E-state index is 12.8. The fourth-order valence-electron chi connectivity index (χ4n) is 4.19. The van der Waals surface area contributed by atoms with E-state index in [1.54, 1.807) is 11.8 Å². The number of thioether (sulfide) groups is 1. The summed E-state index contributed by atoms with van der Waals surface area (Å²) < 4.78 is 13.0. The molecular weight excluding hydrogens is 424 g/mol. The molecule has 2 aliphatic rings. The number of nitrogens with zero attached hydrogens (tertiary/aromatic N) is 3. The number of nitrogens with one attached hydrogen (secondary N) is 1. The minimum atomic E-state index is 0.00538. The average molecular weight is 451 g/mol. The number of para-hydroxylation sites is 2. The smallest absolute Gasteiger partial charge is 0.231 e. The Balaban J connectivity index is 1.21. The summed E-state index contributed by atoms with van der Waals surface area (Å²) in [5.41, 5.74) is 2.90. The van der Waals surface area contributed by atoms with Gasteiger partial charge in [0.2, 0.25) is 12.7 Å². The first kappa shape index (κ1) is 20.9. The molecule has 1 aromatic heterocycles. The number of carbonyl (C=O) groups is 1. The monoisotopic (exact) mass is 450 g/mol. The Morgan fingerprint density at radius 1 is 1.19 bits per heavy atom. The van der Waals surface area contributed by atoms with Gasteiger partial charge in [0.25, 0.3) is 0 Å². The Labute approximate surface area is 191 Å². The summed E-state index contributed by atoms with van der Waals surface area (Å²) in [6, 6.07) is 13.7. The van der Waals surface area contributed by atoms with Gasteiger partial charge in [0.05, 0.1) is 17.7 Å². The van der Waals surface area contributed by atoms with Gasteiger partial charge in [-0.3, -0.25) is 9.69 Å². The number of likely N-dealkylation sites (tertiary alicyclic amines) is 1. The SMILES string of the molecule is C=CCSc1nc2ccccc2n1CN1CCC(C(=O)Nc2ccc3c(c2)OCO3)CC1. The standard InChI is InChI=1S/C24H26N4O3S/c1-2-13-32-24-26-19-5-3-4-6-20(19)28(24)15-27-11-9-17(10-12-27)23(29)25-18-7-8-21-22(14-18)31-16-30-21/h2-8,14,17H,1,9-13,15-16H2,(H,25,29). The van der Waals surface area contributed by atoms with Crippen molar-refractivity contribution in [2.24, 2.45) is 5.92 Å². The molecule has 0 spiro atoms. The van der Waals surface area contributed by atoms with Crippen molar-refractivity contribution in [2.75, 3.05) is 31.0 Å². The van der Waals surface area contributed by atoms with Gasteiger partial charge in [0.15, 0.2) is 16.7 Å². The molecule has 0 radical (unpaired) electrons. The molecule has 3 aromatic rings. The summed E-state index contributed by atoms with van der Waals surface area (Å²) in [6.45, 7) is 6.57. The van der Waals surface area contributed by atoms with E-state index in [9.17, 15) is 4.79 Å². The van der Waals surface area contributed by atoms with E-state index in [0.717, 1.165) is 60.2 Å². The molecule has 5 rings (SSSR count). The summed E-state index contributed by atoms with van der Waals surface area (Å²) in [5, 5.41) is 4.05. The average Bonchev–Trinajstić information content (AvgIpc) is 3.42. The molecule has 0 atom stereocenters. The highest BCUT2D eigenvalue weighted by Crippen LogP contribution is 2.34. The van der Waals surface area contributed by atoms with E-state index < -0.39 is 0 Å². The maximum Gasteiger partial charge on any atom is 0.231 e. The van der Waals surface area contributed by atoms with Gasteiger partial charge in [-0.05, 0) is 37.1 Å². The molecule has 1 amide bonds. The fourth-order valence-corrected chi connectivity index (χ4v) is 4.93. The van der Waals surface area contributed by atoms with Gasteiger partial charge in [-0.25, -0.2) is 4.98 Å². The number of hydrogen-bond donors (Lipinski definition) is 1. The number of ether oxygens (including phenoxy) is 2. The molecule has 1 fully saturated rings. The van der Waals surface area contributed by atoms with Gasteiger partial charge >= 0.3 is 0 Å². The molecule has 32 heavy (non-hydrogen) atoms. The Morgan fingerprint density at radius 3 is 2.84 bits per heavy atom. The molecule has 8 heteroatoms. The van der Waals surface area contributed by atoms with Crippen LogP contribution in [0.5, 0.6) is 11.5 Å².